The largest absolute Gasteiger partial charge is 0.393 e. The first kappa shape index (κ1) is 10.5. The number of rotatable bonds is 3. The second-order valence-electron chi connectivity index (χ2n) is 3.09. The SMILES string of the molecule is Cc1cc(C)nc(SC[C@@H](C)O)n1. The maximum absolute atomic E-state index is 9.08. The maximum Gasteiger partial charge on any atom is 0.188 e. The Morgan fingerprint density at radius 3 is 2.38 bits per heavy atom. The summed E-state index contributed by atoms with van der Waals surface area (Å²) in [6, 6.07) is 1.94. The average molecular weight is 198 g/mol. The molecule has 0 radical (unpaired) electrons. The molecule has 13 heavy (non-hydrogen) atoms. The van der Waals surface area contributed by atoms with Crippen LogP contribution < -0.4 is 0 Å². The number of aromatic nitrogens is 2. The fourth-order valence-corrected chi connectivity index (χ4v) is 1.76. The third kappa shape index (κ3) is 3.74. The van der Waals surface area contributed by atoms with Crippen LogP contribution in [0.1, 0.15) is 18.3 Å². The van der Waals surface area contributed by atoms with Crippen LogP contribution in [0, 0.1) is 13.8 Å². The fraction of sp³-hybridized carbons (Fsp3) is 0.556. The van der Waals surface area contributed by atoms with Gasteiger partial charge in [-0.15, -0.1) is 0 Å². The first-order valence-corrected chi connectivity index (χ1v) is 5.19. The Labute approximate surface area is 82.6 Å². The Morgan fingerprint density at radius 2 is 1.92 bits per heavy atom. The summed E-state index contributed by atoms with van der Waals surface area (Å²) < 4.78 is 0. The molecule has 1 aromatic heterocycles. The third-order valence-electron chi connectivity index (χ3n) is 1.42. The number of hydrogen-bond acceptors (Lipinski definition) is 4. The van der Waals surface area contributed by atoms with Crippen molar-refractivity contribution in [1.29, 1.82) is 0 Å². The van der Waals surface area contributed by atoms with Crippen molar-refractivity contribution in [2.24, 2.45) is 0 Å². The van der Waals surface area contributed by atoms with Gasteiger partial charge in [-0.25, -0.2) is 9.97 Å². The summed E-state index contributed by atoms with van der Waals surface area (Å²) >= 11 is 1.48. The zero-order valence-electron chi connectivity index (χ0n) is 8.11. The minimum absolute atomic E-state index is 0.311. The molecule has 0 fully saturated rings. The highest BCUT2D eigenvalue weighted by Gasteiger charge is 2.02. The molecule has 0 bridgehead atoms. The highest BCUT2D eigenvalue weighted by atomic mass is 32.2. The smallest absolute Gasteiger partial charge is 0.188 e. The van der Waals surface area contributed by atoms with E-state index in [9.17, 15) is 0 Å². The van der Waals surface area contributed by atoms with E-state index in [1.54, 1.807) is 6.92 Å². The van der Waals surface area contributed by atoms with E-state index in [-0.39, 0.29) is 6.10 Å². The van der Waals surface area contributed by atoms with Gasteiger partial charge < -0.3 is 5.11 Å². The number of aliphatic hydroxyl groups excluding tert-OH is 1. The Bertz CT molecular complexity index is 269. The molecule has 1 atom stereocenters. The minimum Gasteiger partial charge on any atom is -0.393 e. The van der Waals surface area contributed by atoms with Crippen molar-refractivity contribution in [3.05, 3.63) is 17.5 Å². The van der Waals surface area contributed by atoms with Crippen LogP contribution in [0.5, 0.6) is 0 Å². The van der Waals surface area contributed by atoms with E-state index in [1.165, 1.54) is 11.8 Å². The molecule has 0 aromatic carbocycles. The molecule has 4 heteroatoms. The van der Waals surface area contributed by atoms with E-state index in [2.05, 4.69) is 9.97 Å². The standard InChI is InChI=1S/C9H14N2OS/c1-6-4-7(2)11-9(10-6)13-5-8(3)12/h4,8,12H,5H2,1-3H3/t8-/m1/s1. The van der Waals surface area contributed by atoms with Gasteiger partial charge in [0, 0.05) is 17.1 Å². The van der Waals surface area contributed by atoms with Gasteiger partial charge in [-0.1, -0.05) is 11.8 Å². The summed E-state index contributed by atoms with van der Waals surface area (Å²) in [5.41, 5.74) is 1.95. The van der Waals surface area contributed by atoms with Gasteiger partial charge in [0.1, 0.15) is 0 Å². The summed E-state index contributed by atoms with van der Waals surface area (Å²) in [4.78, 5) is 8.49. The second-order valence-corrected chi connectivity index (χ2v) is 4.08. The van der Waals surface area contributed by atoms with Crippen LogP contribution in [0.25, 0.3) is 0 Å². The molecule has 0 saturated heterocycles. The first-order valence-electron chi connectivity index (χ1n) is 4.21. The van der Waals surface area contributed by atoms with Crippen LogP contribution in [-0.2, 0) is 0 Å². The van der Waals surface area contributed by atoms with Gasteiger partial charge in [0.25, 0.3) is 0 Å². The van der Waals surface area contributed by atoms with Crippen molar-refractivity contribution in [1.82, 2.24) is 9.97 Å². The number of aliphatic hydroxyl groups is 1. The van der Waals surface area contributed by atoms with E-state index in [0.717, 1.165) is 16.5 Å². The third-order valence-corrected chi connectivity index (χ3v) is 2.51. The van der Waals surface area contributed by atoms with E-state index < -0.39 is 0 Å². The van der Waals surface area contributed by atoms with Crippen molar-refractivity contribution < 1.29 is 5.11 Å². The number of thioether (sulfide) groups is 1. The van der Waals surface area contributed by atoms with Gasteiger partial charge in [0.05, 0.1) is 6.10 Å². The highest BCUT2D eigenvalue weighted by molar-refractivity contribution is 7.99. The summed E-state index contributed by atoms with van der Waals surface area (Å²) in [6.45, 7) is 5.65. The van der Waals surface area contributed by atoms with Gasteiger partial charge in [-0.05, 0) is 26.8 Å². The molecule has 1 N–H and O–H groups in total. The Hall–Kier alpha value is -0.610. The van der Waals surface area contributed by atoms with Crippen LogP contribution in [0.2, 0.25) is 0 Å². The highest BCUT2D eigenvalue weighted by Crippen LogP contribution is 2.14. The molecule has 0 aliphatic rings. The minimum atomic E-state index is -0.311. The average Bonchev–Trinajstić information content (AvgIpc) is 1.99. The lowest BCUT2D eigenvalue weighted by atomic mass is 10.4. The van der Waals surface area contributed by atoms with Gasteiger partial charge in [-0.3, -0.25) is 0 Å². The molecular formula is C9H14N2OS. The summed E-state index contributed by atoms with van der Waals surface area (Å²) in [5, 5.41) is 9.82. The lowest BCUT2D eigenvalue weighted by Gasteiger charge is -2.04. The number of aryl methyl sites for hydroxylation is 2. The van der Waals surface area contributed by atoms with Crippen LogP contribution in [0.15, 0.2) is 11.2 Å². The van der Waals surface area contributed by atoms with Gasteiger partial charge >= 0.3 is 0 Å². The normalized spacial score (nSPS) is 12.9. The molecule has 0 amide bonds. The van der Waals surface area contributed by atoms with Crippen molar-refractivity contribution in [3.8, 4) is 0 Å². The lowest BCUT2D eigenvalue weighted by Crippen LogP contribution is -2.04. The molecule has 72 valence electrons. The quantitative estimate of drug-likeness (QED) is 0.591. The summed E-state index contributed by atoms with van der Waals surface area (Å²) in [6.07, 6.45) is -0.311. The van der Waals surface area contributed by atoms with Crippen molar-refractivity contribution in [2.75, 3.05) is 5.75 Å². The maximum atomic E-state index is 9.08. The molecule has 0 unspecified atom stereocenters. The topological polar surface area (TPSA) is 46.0 Å². The van der Waals surface area contributed by atoms with Crippen molar-refractivity contribution in [2.45, 2.75) is 32.0 Å². The zero-order chi connectivity index (χ0) is 9.84. The van der Waals surface area contributed by atoms with Crippen LogP contribution in [-0.4, -0.2) is 26.9 Å². The molecule has 1 heterocycles. The van der Waals surface area contributed by atoms with Crippen LogP contribution in [0.4, 0.5) is 0 Å². The first-order chi connectivity index (χ1) is 6.08. The Morgan fingerprint density at radius 1 is 1.38 bits per heavy atom. The zero-order valence-corrected chi connectivity index (χ0v) is 8.93. The number of nitrogens with zero attached hydrogens (tertiary/aromatic N) is 2. The predicted octanol–water partition coefficient (Wildman–Crippen LogP) is 1.57. The molecule has 0 spiro atoms. The Balaban J connectivity index is 2.66. The lowest BCUT2D eigenvalue weighted by molar-refractivity contribution is 0.220. The summed E-state index contributed by atoms with van der Waals surface area (Å²) in [5.74, 6) is 0.642. The Kier molecular flexibility index (Phi) is 3.69. The molecule has 3 nitrogen and oxygen atoms in total. The number of hydrogen-bond donors (Lipinski definition) is 1. The molecule has 1 aromatic rings. The van der Waals surface area contributed by atoms with Crippen molar-refractivity contribution in [3.63, 3.8) is 0 Å². The predicted molar refractivity (Wildman–Crippen MR) is 53.9 cm³/mol. The van der Waals surface area contributed by atoms with Crippen LogP contribution in [0.3, 0.4) is 0 Å². The van der Waals surface area contributed by atoms with Gasteiger partial charge in [0.15, 0.2) is 5.16 Å². The van der Waals surface area contributed by atoms with E-state index in [0.29, 0.717) is 5.75 Å². The van der Waals surface area contributed by atoms with E-state index in [1.807, 2.05) is 19.9 Å². The molecule has 1 rings (SSSR count). The molecule has 0 aliphatic heterocycles. The molecule has 0 aliphatic carbocycles. The summed E-state index contributed by atoms with van der Waals surface area (Å²) in [7, 11) is 0. The second kappa shape index (κ2) is 4.58. The van der Waals surface area contributed by atoms with E-state index >= 15 is 0 Å². The van der Waals surface area contributed by atoms with Crippen molar-refractivity contribution >= 4 is 11.8 Å². The van der Waals surface area contributed by atoms with E-state index in [4.69, 9.17) is 5.11 Å². The molecule has 0 saturated carbocycles. The van der Waals surface area contributed by atoms with Gasteiger partial charge in [0.2, 0.25) is 0 Å². The fourth-order valence-electron chi connectivity index (χ4n) is 0.953. The van der Waals surface area contributed by atoms with Crippen LogP contribution >= 0.6 is 11.8 Å². The van der Waals surface area contributed by atoms with Gasteiger partial charge in [-0.2, -0.15) is 0 Å². The molecular weight excluding hydrogens is 184 g/mol. The monoisotopic (exact) mass is 198 g/mol.